The number of hydrogen-bond acceptors (Lipinski definition) is 7. The first-order chi connectivity index (χ1) is 13.2. The van der Waals surface area contributed by atoms with Crippen LogP contribution >= 0.6 is 11.6 Å². The molecule has 3 heterocycles. The fourth-order valence-corrected chi connectivity index (χ4v) is 3.13. The molecule has 134 valence electrons. The first-order valence-corrected chi connectivity index (χ1v) is 8.56. The molecule has 0 spiro atoms. The second kappa shape index (κ2) is 6.10. The van der Waals surface area contributed by atoms with E-state index in [1.54, 1.807) is 18.3 Å². The van der Waals surface area contributed by atoms with Crippen LogP contribution < -0.4 is 14.9 Å². The first kappa shape index (κ1) is 15.8. The van der Waals surface area contributed by atoms with Crippen LogP contribution in [0.4, 0.5) is 5.95 Å². The Labute approximate surface area is 158 Å². The van der Waals surface area contributed by atoms with Crippen LogP contribution in [0.1, 0.15) is 11.1 Å². The van der Waals surface area contributed by atoms with Crippen molar-refractivity contribution in [1.29, 1.82) is 0 Å². The maximum absolute atomic E-state index is 6.22. The minimum atomic E-state index is 0.189. The fourth-order valence-electron chi connectivity index (χ4n) is 2.92. The number of nitrogens with one attached hydrogen (secondary N) is 2. The van der Waals surface area contributed by atoms with E-state index in [4.69, 9.17) is 21.1 Å². The first-order valence-electron chi connectivity index (χ1n) is 8.18. The van der Waals surface area contributed by atoms with Crippen molar-refractivity contribution in [1.82, 2.24) is 20.2 Å². The van der Waals surface area contributed by atoms with Gasteiger partial charge in [-0.05, 0) is 25.1 Å². The molecule has 0 fully saturated rings. The highest BCUT2D eigenvalue weighted by atomic mass is 35.5. The van der Waals surface area contributed by atoms with E-state index in [0.717, 1.165) is 22.0 Å². The van der Waals surface area contributed by atoms with Gasteiger partial charge in [-0.25, -0.2) is 5.43 Å². The molecule has 5 rings (SSSR count). The Morgan fingerprint density at radius 1 is 1.19 bits per heavy atom. The maximum atomic E-state index is 6.22. The van der Waals surface area contributed by atoms with E-state index >= 15 is 0 Å². The summed E-state index contributed by atoms with van der Waals surface area (Å²) in [5, 5.41) is 14.0. The van der Waals surface area contributed by atoms with Crippen LogP contribution in [0.5, 0.6) is 11.5 Å². The van der Waals surface area contributed by atoms with Gasteiger partial charge in [0.2, 0.25) is 6.79 Å². The average molecular weight is 381 g/mol. The van der Waals surface area contributed by atoms with Crippen LogP contribution in [-0.4, -0.2) is 33.2 Å². The van der Waals surface area contributed by atoms with Gasteiger partial charge in [0, 0.05) is 22.5 Å². The number of benzene rings is 2. The van der Waals surface area contributed by atoms with Crippen molar-refractivity contribution < 1.29 is 9.47 Å². The molecule has 9 heteroatoms. The van der Waals surface area contributed by atoms with Crippen LogP contribution in [0.15, 0.2) is 35.4 Å². The number of nitrogens with zero attached hydrogens (tertiary/aromatic N) is 4. The van der Waals surface area contributed by atoms with E-state index in [0.29, 0.717) is 27.7 Å². The molecule has 0 atom stereocenters. The number of halogens is 1. The Kier molecular flexibility index (Phi) is 3.58. The van der Waals surface area contributed by atoms with Crippen molar-refractivity contribution in [2.45, 2.75) is 6.92 Å². The van der Waals surface area contributed by atoms with Crippen LogP contribution in [0.3, 0.4) is 0 Å². The minimum Gasteiger partial charge on any atom is -0.454 e. The smallest absolute Gasteiger partial charge is 0.265 e. The van der Waals surface area contributed by atoms with Gasteiger partial charge in [0.15, 0.2) is 17.1 Å². The third-order valence-corrected chi connectivity index (χ3v) is 4.56. The molecule has 1 aliphatic rings. The molecule has 2 N–H and O–H groups in total. The highest BCUT2D eigenvalue weighted by molar-refractivity contribution is 6.33. The topological polar surface area (TPSA) is 97.3 Å². The second-order valence-corrected chi connectivity index (χ2v) is 6.51. The lowest BCUT2D eigenvalue weighted by Gasteiger charge is -2.01. The standard InChI is InChI=1S/C18H13ClN6O2/c1-9-2-3-13-11(4-9)16-17(21-13)22-18(25-23-16)24-20-7-10-5-14-15(6-12(10)19)27-8-26-14/h2-7H,8H2,1H3,(H2,21,22,24,25)/b20-7-. The highest BCUT2D eigenvalue weighted by Gasteiger charge is 2.15. The summed E-state index contributed by atoms with van der Waals surface area (Å²) < 4.78 is 10.6. The summed E-state index contributed by atoms with van der Waals surface area (Å²) in [6.45, 7) is 2.22. The van der Waals surface area contributed by atoms with Crippen molar-refractivity contribution in [3.63, 3.8) is 0 Å². The molecule has 8 nitrogen and oxygen atoms in total. The second-order valence-electron chi connectivity index (χ2n) is 6.10. The molecule has 0 radical (unpaired) electrons. The Morgan fingerprint density at radius 3 is 2.93 bits per heavy atom. The van der Waals surface area contributed by atoms with Crippen molar-refractivity contribution in [3.8, 4) is 11.5 Å². The maximum Gasteiger partial charge on any atom is 0.265 e. The van der Waals surface area contributed by atoms with E-state index in [-0.39, 0.29) is 12.7 Å². The Bertz CT molecular complexity index is 1220. The SMILES string of the molecule is Cc1ccc2[nH]c3nc(N/N=C\c4cc5c(cc4Cl)OCO5)nnc3c2c1. The van der Waals surface area contributed by atoms with Gasteiger partial charge in [-0.15, -0.1) is 10.2 Å². The summed E-state index contributed by atoms with van der Waals surface area (Å²) in [5.74, 6) is 1.53. The summed E-state index contributed by atoms with van der Waals surface area (Å²) >= 11 is 6.22. The van der Waals surface area contributed by atoms with Gasteiger partial charge in [0.1, 0.15) is 5.52 Å². The summed E-state index contributed by atoms with van der Waals surface area (Å²) in [6, 6.07) is 9.54. The van der Waals surface area contributed by atoms with Crippen molar-refractivity contribution in [3.05, 3.63) is 46.5 Å². The van der Waals surface area contributed by atoms with E-state index < -0.39 is 0 Å². The number of hydrazone groups is 1. The van der Waals surface area contributed by atoms with Gasteiger partial charge < -0.3 is 14.5 Å². The van der Waals surface area contributed by atoms with Gasteiger partial charge in [0.25, 0.3) is 5.95 Å². The molecule has 0 aliphatic carbocycles. The molecule has 0 bridgehead atoms. The third kappa shape index (κ3) is 2.80. The zero-order valence-corrected chi connectivity index (χ0v) is 14.9. The van der Waals surface area contributed by atoms with Crippen molar-refractivity contribution in [2.24, 2.45) is 5.10 Å². The Morgan fingerprint density at radius 2 is 2.04 bits per heavy atom. The normalized spacial score (nSPS) is 13.1. The van der Waals surface area contributed by atoms with Crippen molar-refractivity contribution >= 4 is 45.8 Å². The number of aryl methyl sites for hydroxylation is 1. The number of H-pyrrole nitrogens is 1. The van der Waals surface area contributed by atoms with Gasteiger partial charge in [0.05, 0.1) is 11.2 Å². The number of fused-ring (bicyclic) bond motifs is 4. The number of anilines is 1. The number of hydrogen-bond donors (Lipinski definition) is 2. The van der Waals surface area contributed by atoms with Gasteiger partial charge >= 0.3 is 0 Å². The third-order valence-electron chi connectivity index (χ3n) is 4.23. The quantitative estimate of drug-likeness (QED) is 0.416. The number of aromatic amines is 1. The fraction of sp³-hybridized carbons (Fsp3) is 0.111. The van der Waals surface area contributed by atoms with Gasteiger partial charge in [-0.1, -0.05) is 23.2 Å². The predicted octanol–water partition coefficient (Wildman–Crippen LogP) is 3.64. The average Bonchev–Trinajstić information content (AvgIpc) is 3.25. The lowest BCUT2D eigenvalue weighted by atomic mass is 10.2. The molecular formula is C18H13ClN6O2. The predicted molar refractivity (Wildman–Crippen MR) is 103 cm³/mol. The molecule has 0 saturated heterocycles. The molecule has 4 aromatic rings. The van der Waals surface area contributed by atoms with E-state index in [9.17, 15) is 0 Å². The zero-order chi connectivity index (χ0) is 18.4. The van der Waals surface area contributed by atoms with Crippen LogP contribution in [0.2, 0.25) is 5.02 Å². The molecule has 0 saturated carbocycles. The number of rotatable bonds is 3. The van der Waals surface area contributed by atoms with E-state index in [2.05, 4.69) is 36.8 Å². The van der Waals surface area contributed by atoms with Gasteiger partial charge in [-0.2, -0.15) is 10.1 Å². The zero-order valence-electron chi connectivity index (χ0n) is 14.2. The number of ether oxygens (including phenoxy) is 2. The highest BCUT2D eigenvalue weighted by Crippen LogP contribution is 2.36. The van der Waals surface area contributed by atoms with Crippen molar-refractivity contribution in [2.75, 3.05) is 12.2 Å². The number of aromatic nitrogens is 4. The van der Waals surface area contributed by atoms with E-state index in [1.165, 1.54) is 0 Å². The molecule has 0 unspecified atom stereocenters. The molecular weight excluding hydrogens is 368 g/mol. The molecule has 1 aliphatic heterocycles. The van der Waals surface area contributed by atoms with Crippen LogP contribution in [-0.2, 0) is 0 Å². The monoisotopic (exact) mass is 380 g/mol. The molecule has 0 amide bonds. The summed E-state index contributed by atoms with van der Waals surface area (Å²) in [6.07, 6.45) is 1.56. The summed E-state index contributed by atoms with van der Waals surface area (Å²) in [5.41, 5.74) is 6.93. The van der Waals surface area contributed by atoms with Crippen LogP contribution in [0, 0.1) is 6.92 Å². The Hall–Kier alpha value is -3.39. The largest absolute Gasteiger partial charge is 0.454 e. The van der Waals surface area contributed by atoms with Gasteiger partial charge in [-0.3, -0.25) is 0 Å². The summed E-state index contributed by atoms with van der Waals surface area (Å²) in [7, 11) is 0. The lowest BCUT2D eigenvalue weighted by molar-refractivity contribution is 0.174. The lowest BCUT2D eigenvalue weighted by Crippen LogP contribution is -1.99. The van der Waals surface area contributed by atoms with Crippen LogP contribution in [0.25, 0.3) is 22.1 Å². The van der Waals surface area contributed by atoms with E-state index in [1.807, 2.05) is 19.1 Å². The molecule has 27 heavy (non-hydrogen) atoms. The molecule has 2 aromatic carbocycles. The summed E-state index contributed by atoms with van der Waals surface area (Å²) in [4.78, 5) is 7.66. The molecule has 2 aromatic heterocycles. The Balaban J connectivity index is 1.42. The minimum absolute atomic E-state index is 0.189.